The Hall–Kier alpha value is -1.16. The van der Waals surface area contributed by atoms with Crippen molar-refractivity contribution < 1.29 is 4.74 Å². The van der Waals surface area contributed by atoms with E-state index in [2.05, 4.69) is 0 Å². The van der Waals surface area contributed by atoms with Crippen molar-refractivity contribution in [2.24, 2.45) is 0 Å². The molecule has 0 amide bonds. The summed E-state index contributed by atoms with van der Waals surface area (Å²) in [6, 6.07) is 0. The lowest BCUT2D eigenvalue weighted by Gasteiger charge is -2.30. The lowest BCUT2D eigenvalue weighted by atomic mass is 10.0. The fourth-order valence-corrected chi connectivity index (χ4v) is 1.88. The summed E-state index contributed by atoms with van der Waals surface area (Å²) in [6.45, 7) is 8.62. The molecular formula is C12H19NO3. The first kappa shape index (κ1) is 12.9. The van der Waals surface area contributed by atoms with Gasteiger partial charge in [-0.15, -0.1) is 0 Å². The maximum Gasteiger partial charge on any atom is 0.249 e. The fourth-order valence-electron chi connectivity index (χ4n) is 1.88. The normalized spacial score (nSPS) is 15.8. The molecule has 0 aliphatic carbocycles. The van der Waals surface area contributed by atoms with Crippen LogP contribution in [0.5, 0.6) is 0 Å². The van der Waals surface area contributed by atoms with Crippen molar-refractivity contribution in [1.82, 2.24) is 0 Å². The topological polar surface area (TPSA) is 46.6 Å². The molecule has 0 atom stereocenters. The summed E-state index contributed by atoms with van der Waals surface area (Å²) in [5, 5.41) is 0. The highest BCUT2D eigenvalue weighted by Gasteiger charge is 2.25. The Kier molecular flexibility index (Phi) is 4.68. The first-order valence-corrected chi connectivity index (χ1v) is 5.90. The maximum atomic E-state index is 11.3. The van der Waals surface area contributed by atoms with Gasteiger partial charge in [0.25, 0.3) is 0 Å². The predicted molar refractivity (Wildman–Crippen MR) is 65.1 cm³/mol. The van der Waals surface area contributed by atoms with Gasteiger partial charge in [0, 0.05) is 18.7 Å². The van der Waals surface area contributed by atoms with Crippen molar-refractivity contribution in [2.75, 3.05) is 31.2 Å². The molecule has 1 aliphatic rings. The van der Waals surface area contributed by atoms with Crippen LogP contribution in [0.25, 0.3) is 0 Å². The summed E-state index contributed by atoms with van der Waals surface area (Å²) in [5.41, 5.74) is 0.718. The largest absolute Gasteiger partial charge is 0.378 e. The molecule has 0 aromatic heterocycles. The first-order valence-electron chi connectivity index (χ1n) is 5.90. The molecule has 1 aromatic carbocycles. The quantitative estimate of drug-likeness (QED) is 0.695. The van der Waals surface area contributed by atoms with Gasteiger partial charge >= 0.3 is 0 Å². The van der Waals surface area contributed by atoms with Gasteiger partial charge in [0.2, 0.25) is 10.9 Å². The van der Waals surface area contributed by atoms with Crippen molar-refractivity contribution in [3.05, 3.63) is 26.0 Å². The van der Waals surface area contributed by atoms with Crippen LogP contribution in [0.15, 0.2) is 9.59 Å². The monoisotopic (exact) mass is 225 g/mol. The Morgan fingerprint density at radius 2 is 1.69 bits per heavy atom. The van der Waals surface area contributed by atoms with Crippen molar-refractivity contribution >= 4 is 5.69 Å². The lowest BCUT2D eigenvalue weighted by molar-refractivity contribution is 0.122. The third-order valence-corrected chi connectivity index (χ3v) is 2.66. The van der Waals surface area contributed by atoms with E-state index in [1.54, 1.807) is 0 Å². The van der Waals surface area contributed by atoms with Crippen LogP contribution in [0.4, 0.5) is 5.69 Å². The number of anilines is 1. The average molecular weight is 225 g/mol. The fraction of sp³-hybridized carbons (Fsp3) is 0.667. The zero-order valence-corrected chi connectivity index (χ0v) is 10.2. The van der Waals surface area contributed by atoms with Crippen LogP contribution in [0.2, 0.25) is 0 Å². The molecule has 1 aliphatic heterocycles. The van der Waals surface area contributed by atoms with Gasteiger partial charge in [0.05, 0.1) is 18.9 Å². The van der Waals surface area contributed by atoms with E-state index in [0.29, 0.717) is 30.9 Å². The second-order valence-electron chi connectivity index (χ2n) is 3.44. The van der Waals surface area contributed by atoms with Gasteiger partial charge in [-0.05, 0) is 6.42 Å². The van der Waals surface area contributed by atoms with Crippen LogP contribution in [-0.4, -0.2) is 26.3 Å². The second kappa shape index (κ2) is 5.80. The van der Waals surface area contributed by atoms with E-state index < -0.39 is 0 Å². The molecule has 1 saturated heterocycles. The van der Waals surface area contributed by atoms with Gasteiger partial charge < -0.3 is 9.64 Å². The number of nitrogens with zero attached hydrogens (tertiary/aromatic N) is 1. The third kappa shape index (κ3) is 2.16. The summed E-state index contributed by atoms with van der Waals surface area (Å²) in [5.74, 6) is 0. The Morgan fingerprint density at radius 1 is 1.12 bits per heavy atom. The number of rotatable bonds is 2. The number of morpholine rings is 1. The minimum atomic E-state index is -0.316. The van der Waals surface area contributed by atoms with Crippen LogP contribution in [-0.2, 0) is 11.2 Å². The molecule has 4 nitrogen and oxygen atoms in total. The molecule has 0 bridgehead atoms. The Balaban J connectivity index is 0.000000606. The van der Waals surface area contributed by atoms with E-state index in [1.165, 1.54) is 0 Å². The van der Waals surface area contributed by atoms with Crippen LogP contribution >= 0.6 is 0 Å². The summed E-state index contributed by atoms with van der Waals surface area (Å²) >= 11 is 0. The number of hydrogen-bond acceptors (Lipinski definition) is 4. The highest BCUT2D eigenvalue weighted by molar-refractivity contribution is 5.58. The Bertz CT molecular complexity index is 398. The average Bonchev–Trinajstić information content (AvgIpc) is 2.37. The molecule has 0 saturated carbocycles. The van der Waals surface area contributed by atoms with Gasteiger partial charge in [0.15, 0.2) is 0 Å². The van der Waals surface area contributed by atoms with Crippen LogP contribution in [0.1, 0.15) is 26.3 Å². The Labute approximate surface area is 95.5 Å². The number of ether oxygens (including phenoxy) is 1. The summed E-state index contributed by atoms with van der Waals surface area (Å²) < 4.78 is 5.19. The van der Waals surface area contributed by atoms with Gasteiger partial charge in [-0.2, -0.15) is 0 Å². The van der Waals surface area contributed by atoms with E-state index in [9.17, 15) is 9.59 Å². The SMILES string of the molecule is CC.CCc1c(N2CCOCC2)c(=O)c1=O. The minimum absolute atomic E-state index is 0.297. The molecule has 1 aromatic rings. The zero-order valence-electron chi connectivity index (χ0n) is 10.2. The second-order valence-corrected chi connectivity index (χ2v) is 3.44. The molecule has 0 radical (unpaired) electrons. The van der Waals surface area contributed by atoms with Gasteiger partial charge in [-0.1, -0.05) is 20.8 Å². The van der Waals surface area contributed by atoms with Crippen LogP contribution in [0.3, 0.4) is 0 Å². The van der Waals surface area contributed by atoms with Gasteiger partial charge in [-0.25, -0.2) is 0 Å². The zero-order chi connectivity index (χ0) is 12.1. The maximum absolute atomic E-state index is 11.3. The van der Waals surface area contributed by atoms with Crippen LogP contribution in [0, 0.1) is 0 Å². The van der Waals surface area contributed by atoms with Gasteiger partial charge in [0.1, 0.15) is 0 Å². The third-order valence-electron chi connectivity index (χ3n) is 2.66. The van der Waals surface area contributed by atoms with E-state index in [-0.39, 0.29) is 10.9 Å². The van der Waals surface area contributed by atoms with Crippen molar-refractivity contribution in [3.8, 4) is 0 Å². The molecule has 0 spiro atoms. The summed E-state index contributed by atoms with van der Waals surface area (Å²) in [4.78, 5) is 24.5. The van der Waals surface area contributed by atoms with E-state index >= 15 is 0 Å². The smallest absolute Gasteiger partial charge is 0.249 e. The van der Waals surface area contributed by atoms with Gasteiger partial charge in [-0.3, -0.25) is 9.59 Å². The van der Waals surface area contributed by atoms with E-state index in [1.807, 2.05) is 25.7 Å². The lowest BCUT2D eigenvalue weighted by Crippen LogP contribution is -2.47. The Morgan fingerprint density at radius 3 is 2.19 bits per heavy atom. The van der Waals surface area contributed by atoms with Crippen molar-refractivity contribution in [3.63, 3.8) is 0 Å². The molecule has 4 heteroatoms. The molecule has 0 unspecified atom stereocenters. The molecule has 1 heterocycles. The molecule has 16 heavy (non-hydrogen) atoms. The van der Waals surface area contributed by atoms with E-state index in [0.717, 1.165) is 13.1 Å². The molecule has 2 rings (SSSR count). The molecular weight excluding hydrogens is 206 g/mol. The van der Waals surface area contributed by atoms with Crippen molar-refractivity contribution in [1.29, 1.82) is 0 Å². The highest BCUT2D eigenvalue weighted by Crippen LogP contribution is 2.16. The van der Waals surface area contributed by atoms with Crippen molar-refractivity contribution in [2.45, 2.75) is 27.2 Å². The summed E-state index contributed by atoms with van der Waals surface area (Å²) in [6.07, 6.45) is 0.650. The summed E-state index contributed by atoms with van der Waals surface area (Å²) in [7, 11) is 0. The van der Waals surface area contributed by atoms with E-state index in [4.69, 9.17) is 4.74 Å². The highest BCUT2D eigenvalue weighted by atomic mass is 16.5. The predicted octanol–water partition coefficient (Wildman–Crippen LogP) is 0.708. The standard InChI is InChI=1S/C10H13NO3.C2H6/c1-2-7-8(10(13)9(7)12)11-3-5-14-6-4-11;1-2/h2-6H2,1H3;1-2H3. The molecule has 0 N–H and O–H groups in total. The first-order chi connectivity index (χ1) is 7.75. The van der Waals surface area contributed by atoms with Crippen LogP contribution < -0.4 is 15.8 Å². The molecule has 1 fully saturated rings. The minimum Gasteiger partial charge on any atom is -0.378 e. The molecule has 90 valence electrons. The number of hydrogen-bond donors (Lipinski definition) is 0.